The zero-order valence-corrected chi connectivity index (χ0v) is 12.7. The summed E-state index contributed by atoms with van der Waals surface area (Å²) in [6.45, 7) is 3.25. The molecule has 1 amide bonds. The van der Waals surface area contributed by atoms with Crippen LogP contribution < -0.4 is 5.32 Å². The van der Waals surface area contributed by atoms with E-state index in [0.717, 1.165) is 11.1 Å². The lowest BCUT2D eigenvalue weighted by Gasteiger charge is -2.15. The lowest BCUT2D eigenvalue weighted by Crippen LogP contribution is -2.44. The fraction of sp³-hybridized carbons (Fsp3) is 0.429. The molecule has 20 heavy (non-hydrogen) atoms. The van der Waals surface area contributed by atoms with Crippen molar-refractivity contribution in [2.24, 2.45) is 0 Å². The maximum Gasteiger partial charge on any atom is 0.329 e. The molecule has 0 aliphatic carbocycles. The van der Waals surface area contributed by atoms with Gasteiger partial charge in [0.15, 0.2) is 0 Å². The van der Waals surface area contributed by atoms with Gasteiger partial charge in [-0.15, -0.1) is 0 Å². The predicted octanol–water partition coefficient (Wildman–Crippen LogP) is 0.921. The first-order valence-corrected chi connectivity index (χ1v) is 7.67. The number of hydrogen-bond acceptors (Lipinski definition) is 4. The Morgan fingerprint density at radius 3 is 2.55 bits per heavy atom. The number of carbonyl (C=O) groups excluding carboxylic acids is 2. The van der Waals surface area contributed by atoms with Gasteiger partial charge in [0, 0.05) is 23.5 Å². The molecule has 0 heterocycles. The van der Waals surface area contributed by atoms with Crippen LogP contribution in [0, 0.1) is 6.92 Å². The summed E-state index contributed by atoms with van der Waals surface area (Å²) >= 11 is 0. The van der Waals surface area contributed by atoms with Crippen molar-refractivity contribution in [3.63, 3.8) is 0 Å². The second-order valence-electron chi connectivity index (χ2n) is 4.45. The van der Waals surface area contributed by atoms with Crippen molar-refractivity contribution in [2.45, 2.75) is 25.6 Å². The first-order chi connectivity index (χ1) is 9.43. The SMILES string of the molecule is COC(=O)C(CS(=O)Cc1ccccc1C)NC(C)=O. The van der Waals surface area contributed by atoms with Gasteiger partial charge in [0.25, 0.3) is 0 Å². The van der Waals surface area contributed by atoms with Gasteiger partial charge >= 0.3 is 5.97 Å². The normalized spacial score (nSPS) is 13.3. The van der Waals surface area contributed by atoms with Crippen molar-refractivity contribution >= 4 is 22.7 Å². The van der Waals surface area contributed by atoms with Gasteiger partial charge in [0.05, 0.1) is 12.9 Å². The average Bonchev–Trinajstić information content (AvgIpc) is 2.39. The molecule has 0 saturated carbocycles. The summed E-state index contributed by atoms with van der Waals surface area (Å²) in [5.74, 6) is -0.549. The van der Waals surface area contributed by atoms with Crippen molar-refractivity contribution in [3.8, 4) is 0 Å². The lowest BCUT2D eigenvalue weighted by molar-refractivity contribution is -0.144. The number of rotatable bonds is 6. The van der Waals surface area contributed by atoms with Crippen LogP contribution in [0.15, 0.2) is 24.3 Å². The van der Waals surface area contributed by atoms with Crippen LogP contribution in [0.5, 0.6) is 0 Å². The van der Waals surface area contributed by atoms with Crippen molar-refractivity contribution in [2.75, 3.05) is 12.9 Å². The molecule has 110 valence electrons. The Kier molecular flexibility index (Phi) is 6.38. The third kappa shape index (κ3) is 5.13. The summed E-state index contributed by atoms with van der Waals surface area (Å²) in [6.07, 6.45) is 0. The van der Waals surface area contributed by atoms with Gasteiger partial charge in [0.2, 0.25) is 5.91 Å². The molecular formula is C14H19NO4S. The summed E-state index contributed by atoms with van der Waals surface area (Å²) in [7, 11) is -0.0280. The zero-order valence-electron chi connectivity index (χ0n) is 11.8. The highest BCUT2D eigenvalue weighted by Gasteiger charge is 2.23. The first kappa shape index (κ1) is 16.4. The molecule has 1 rings (SSSR count). The molecule has 0 spiro atoms. The minimum absolute atomic E-state index is 0.0422. The van der Waals surface area contributed by atoms with Gasteiger partial charge in [-0.05, 0) is 18.1 Å². The van der Waals surface area contributed by atoms with Gasteiger partial charge in [-0.2, -0.15) is 0 Å². The first-order valence-electron chi connectivity index (χ1n) is 6.18. The highest BCUT2D eigenvalue weighted by molar-refractivity contribution is 7.84. The van der Waals surface area contributed by atoms with Crippen LogP contribution in [-0.2, 0) is 30.9 Å². The number of methoxy groups -OCH3 is 1. The Labute approximate surface area is 121 Å². The van der Waals surface area contributed by atoms with Gasteiger partial charge in [0.1, 0.15) is 6.04 Å². The van der Waals surface area contributed by atoms with Gasteiger partial charge < -0.3 is 10.1 Å². The molecular weight excluding hydrogens is 278 g/mol. The maximum absolute atomic E-state index is 12.1. The summed E-state index contributed by atoms with van der Waals surface area (Å²) in [6, 6.07) is 6.76. The zero-order chi connectivity index (χ0) is 15.1. The van der Waals surface area contributed by atoms with Crippen molar-refractivity contribution in [1.82, 2.24) is 5.32 Å². The monoisotopic (exact) mass is 297 g/mol. The summed E-state index contributed by atoms with van der Waals surface area (Å²) in [5.41, 5.74) is 2.02. The lowest BCUT2D eigenvalue weighted by atomic mass is 10.1. The predicted molar refractivity (Wildman–Crippen MR) is 77.5 cm³/mol. The summed E-state index contributed by atoms with van der Waals surface area (Å²) in [4.78, 5) is 22.6. The molecule has 0 saturated heterocycles. The van der Waals surface area contributed by atoms with Crippen LogP contribution in [0.25, 0.3) is 0 Å². The smallest absolute Gasteiger partial charge is 0.329 e. The van der Waals surface area contributed by atoms with Crippen LogP contribution >= 0.6 is 0 Å². The van der Waals surface area contributed by atoms with E-state index in [1.165, 1.54) is 14.0 Å². The fourth-order valence-electron chi connectivity index (χ4n) is 1.75. The number of esters is 1. The molecule has 0 radical (unpaired) electrons. The Balaban J connectivity index is 2.69. The van der Waals surface area contributed by atoms with Crippen LogP contribution in [0.4, 0.5) is 0 Å². The number of aryl methyl sites for hydroxylation is 1. The molecule has 0 fully saturated rings. The van der Waals surface area contributed by atoms with E-state index in [-0.39, 0.29) is 11.7 Å². The molecule has 0 bridgehead atoms. The largest absolute Gasteiger partial charge is 0.467 e. The molecule has 2 unspecified atom stereocenters. The van der Waals surface area contributed by atoms with E-state index < -0.39 is 22.8 Å². The molecule has 5 nitrogen and oxygen atoms in total. The van der Waals surface area contributed by atoms with Crippen LogP contribution in [0.2, 0.25) is 0 Å². The molecule has 1 N–H and O–H groups in total. The quantitative estimate of drug-likeness (QED) is 0.793. The Bertz CT molecular complexity index is 516. The Morgan fingerprint density at radius 1 is 1.35 bits per heavy atom. The Hall–Kier alpha value is -1.69. The topological polar surface area (TPSA) is 72.5 Å². The van der Waals surface area contributed by atoms with E-state index in [1.54, 1.807) is 0 Å². The third-order valence-corrected chi connectivity index (χ3v) is 4.13. The average molecular weight is 297 g/mol. The highest BCUT2D eigenvalue weighted by atomic mass is 32.2. The third-order valence-electron chi connectivity index (χ3n) is 2.79. The van der Waals surface area contributed by atoms with Crippen LogP contribution in [0.1, 0.15) is 18.1 Å². The van der Waals surface area contributed by atoms with Crippen LogP contribution in [-0.4, -0.2) is 35.0 Å². The molecule has 6 heteroatoms. The standard InChI is InChI=1S/C14H19NO4S/c1-10-6-4-5-7-12(10)8-20(18)9-13(14(17)19-3)15-11(2)16/h4-7,13H,8-9H2,1-3H3,(H,15,16). The molecule has 0 aromatic heterocycles. The summed E-state index contributed by atoms with van der Waals surface area (Å²) < 4.78 is 16.7. The van der Waals surface area contributed by atoms with Crippen molar-refractivity contribution in [3.05, 3.63) is 35.4 Å². The maximum atomic E-state index is 12.1. The molecule has 0 aliphatic heterocycles. The number of nitrogens with one attached hydrogen (secondary N) is 1. The van der Waals surface area contributed by atoms with Crippen molar-refractivity contribution in [1.29, 1.82) is 0 Å². The Morgan fingerprint density at radius 2 is 2.00 bits per heavy atom. The van der Waals surface area contributed by atoms with E-state index in [9.17, 15) is 13.8 Å². The number of benzene rings is 1. The van der Waals surface area contributed by atoms with Gasteiger partial charge in [-0.3, -0.25) is 9.00 Å². The van der Waals surface area contributed by atoms with E-state index in [4.69, 9.17) is 0 Å². The molecule has 1 aromatic rings. The summed E-state index contributed by atoms with van der Waals surface area (Å²) in [5, 5.41) is 2.46. The molecule has 1 aromatic carbocycles. The van der Waals surface area contributed by atoms with E-state index in [2.05, 4.69) is 10.1 Å². The van der Waals surface area contributed by atoms with Crippen molar-refractivity contribution < 1.29 is 18.5 Å². The second-order valence-corrected chi connectivity index (χ2v) is 5.96. The van der Waals surface area contributed by atoms with E-state index in [0.29, 0.717) is 5.75 Å². The fourth-order valence-corrected chi connectivity index (χ4v) is 3.13. The number of carbonyl (C=O) groups is 2. The minimum atomic E-state index is -1.27. The molecule has 2 atom stereocenters. The van der Waals surface area contributed by atoms with Gasteiger partial charge in [-0.25, -0.2) is 4.79 Å². The van der Waals surface area contributed by atoms with Crippen LogP contribution in [0.3, 0.4) is 0 Å². The number of amides is 1. The highest BCUT2D eigenvalue weighted by Crippen LogP contribution is 2.10. The number of ether oxygens (including phenoxy) is 1. The van der Waals surface area contributed by atoms with E-state index >= 15 is 0 Å². The minimum Gasteiger partial charge on any atom is -0.467 e. The van der Waals surface area contributed by atoms with Gasteiger partial charge in [-0.1, -0.05) is 24.3 Å². The molecule has 0 aliphatic rings. The number of hydrogen-bond donors (Lipinski definition) is 1. The van der Waals surface area contributed by atoms with E-state index in [1.807, 2.05) is 31.2 Å². The second kappa shape index (κ2) is 7.79.